The van der Waals surface area contributed by atoms with Gasteiger partial charge in [0, 0.05) is 35.1 Å². The van der Waals surface area contributed by atoms with Crippen LogP contribution in [-0.2, 0) is 11.2 Å². The van der Waals surface area contributed by atoms with Gasteiger partial charge in [0.15, 0.2) is 5.13 Å². The summed E-state index contributed by atoms with van der Waals surface area (Å²) in [5.41, 5.74) is 1.97. The summed E-state index contributed by atoms with van der Waals surface area (Å²) in [5, 5.41) is 10.8. The van der Waals surface area contributed by atoms with Crippen LogP contribution in [0.2, 0.25) is 0 Å². The fourth-order valence-electron chi connectivity index (χ4n) is 2.84. The van der Waals surface area contributed by atoms with Crippen LogP contribution in [0.15, 0.2) is 59.6 Å². The first-order valence-electron chi connectivity index (χ1n) is 8.30. The summed E-state index contributed by atoms with van der Waals surface area (Å²) in [4.78, 5) is 33.2. The second-order valence-corrected chi connectivity index (χ2v) is 7.74. The number of anilines is 1. The highest BCUT2D eigenvalue weighted by atomic mass is 32.1. The molecule has 8 heteroatoms. The van der Waals surface area contributed by atoms with Crippen LogP contribution >= 0.6 is 22.7 Å². The van der Waals surface area contributed by atoms with Crippen LogP contribution in [0.3, 0.4) is 0 Å². The van der Waals surface area contributed by atoms with Gasteiger partial charge in [-0.2, -0.15) is 0 Å². The van der Waals surface area contributed by atoms with E-state index in [1.165, 1.54) is 22.7 Å². The standard InChI is InChI=1S/C19H16N4O2S2/c24-17(23-19-20-7-9-27-19)15(22-18(25)16-6-3-8-26-16)10-12-11-21-14-5-2-1-4-13(12)14/h1-9,11,15,21H,10H2,(H,22,25)(H,20,23,24)/t15-/m0/s1. The molecule has 0 fully saturated rings. The van der Waals surface area contributed by atoms with Gasteiger partial charge >= 0.3 is 0 Å². The Hall–Kier alpha value is -2.97. The van der Waals surface area contributed by atoms with Crippen LogP contribution in [0.25, 0.3) is 10.9 Å². The van der Waals surface area contributed by atoms with Gasteiger partial charge in [0.05, 0.1) is 4.88 Å². The molecule has 3 aromatic heterocycles. The number of carbonyl (C=O) groups excluding carboxylic acids is 2. The molecular weight excluding hydrogens is 380 g/mol. The lowest BCUT2D eigenvalue weighted by Crippen LogP contribution is -2.45. The molecule has 0 saturated carbocycles. The van der Waals surface area contributed by atoms with Gasteiger partial charge in [-0.05, 0) is 23.1 Å². The molecule has 0 radical (unpaired) electrons. The van der Waals surface area contributed by atoms with Crippen molar-refractivity contribution in [1.29, 1.82) is 0 Å². The van der Waals surface area contributed by atoms with Crippen molar-refractivity contribution in [2.45, 2.75) is 12.5 Å². The Kier molecular flexibility index (Phi) is 4.99. The number of hydrogen-bond acceptors (Lipinski definition) is 5. The smallest absolute Gasteiger partial charge is 0.262 e. The number of amides is 2. The fourth-order valence-corrected chi connectivity index (χ4v) is 4.00. The van der Waals surface area contributed by atoms with Crippen molar-refractivity contribution in [3.8, 4) is 0 Å². The van der Waals surface area contributed by atoms with Crippen molar-refractivity contribution in [3.63, 3.8) is 0 Å². The van der Waals surface area contributed by atoms with E-state index in [2.05, 4.69) is 20.6 Å². The van der Waals surface area contributed by atoms with Crippen LogP contribution in [0.5, 0.6) is 0 Å². The molecule has 4 aromatic rings. The van der Waals surface area contributed by atoms with Crippen LogP contribution in [0, 0.1) is 0 Å². The number of H-pyrrole nitrogens is 1. The monoisotopic (exact) mass is 396 g/mol. The molecule has 6 nitrogen and oxygen atoms in total. The predicted octanol–water partition coefficient (Wildman–Crippen LogP) is 3.67. The van der Waals surface area contributed by atoms with E-state index in [-0.39, 0.29) is 11.8 Å². The number of thiophene rings is 1. The number of nitrogens with one attached hydrogen (secondary N) is 3. The van der Waals surface area contributed by atoms with Crippen molar-refractivity contribution >= 4 is 50.5 Å². The van der Waals surface area contributed by atoms with Crippen molar-refractivity contribution < 1.29 is 9.59 Å². The van der Waals surface area contributed by atoms with E-state index in [0.29, 0.717) is 16.4 Å². The summed E-state index contributed by atoms with van der Waals surface area (Å²) < 4.78 is 0. The highest BCUT2D eigenvalue weighted by Crippen LogP contribution is 2.20. The number of benzene rings is 1. The third-order valence-electron chi connectivity index (χ3n) is 4.13. The lowest BCUT2D eigenvalue weighted by Gasteiger charge is -2.17. The van der Waals surface area contributed by atoms with Gasteiger partial charge in [-0.15, -0.1) is 22.7 Å². The zero-order chi connectivity index (χ0) is 18.6. The number of para-hydroxylation sites is 1. The minimum atomic E-state index is -0.720. The van der Waals surface area contributed by atoms with Crippen molar-refractivity contribution in [2.24, 2.45) is 0 Å². The maximum Gasteiger partial charge on any atom is 0.262 e. The lowest BCUT2D eigenvalue weighted by atomic mass is 10.0. The van der Waals surface area contributed by atoms with E-state index < -0.39 is 6.04 Å². The first-order valence-corrected chi connectivity index (χ1v) is 10.1. The lowest BCUT2D eigenvalue weighted by molar-refractivity contribution is -0.118. The molecule has 3 N–H and O–H groups in total. The summed E-state index contributed by atoms with van der Waals surface area (Å²) >= 11 is 2.68. The first-order chi connectivity index (χ1) is 13.2. The quantitative estimate of drug-likeness (QED) is 0.465. The molecule has 27 heavy (non-hydrogen) atoms. The molecule has 4 rings (SSSR count). The summed E-state index contributed by atoms with van der Waals surface area (Å²) in [5.74, 6) is -0.552. The first kappa shape index (κ1) is 17.4. The summed E-state index contributed by atoms with van der Waals surface area (Å²) in [6.45, 7) is 0. The number of thiazole rings is 1. The number of hydrogen-bond donors (Lipinski definition) is 3. The topological polar surface area (TPSA) is 86.9 Å². The van der Waals surface area contributed by atoms with Crippen molar-refractivity contribution in [3.05, 3.63) is 70.0 Å². The third-order valence-corrected chi connectivity index (χ3v) is 5.69. The molecular formula is C19H16N4O2S2. The van der Waals surface area contributed by atoms with Crippen LogP contribution < -0.4 is 10.6 Å². The summed E-state index contributed by atoms with van der Waals surface area (Å²) in [7, 11) is 0. The van der Waals surface area contributed by atoms with Gasteiger partial charge in [-0.1, -0.05) is 24.3 Å². The average molecular weight is 396 g/mol. The largest absolute Gasteiger partial charge is 0.361 e. The highest BCUT2D eigenvalue weighted by Gasteiger charge is 2.24. The Balaban J connectivity index is 1.58. The van der Waals surface area contributed by atoms with Crippen LogP contribution in [-0.4, -0.2) is 27.8 Å². The SMILES string of the molecule is O=C(N[C@@H](Cc1c[nH]c2ccccc12)C(=O)Nc1nccs1)c1cccs1. The Bertz CT molecular complexity index is 1050. The molecule has 1 atom stereocenters. The van der Waals surface area contributed by atoms with Crippen molar-refractivity contribution in [2.75, 3.05) is 5.32 Å². The van der Waals surface area contributed by atoms with Crippen LogP contribution in [0.1, 0.15) is 15.2 Å². The maximum absolute atomic E-state index is 12.8. The molecule has 0 unspecified atom stereocenters. The average Bonchev–Trinajstić information content (AvgIpc) is 3.43. The molecule has 0 bridgehead atoms. The number of nitrogens with zero attached hydrogens (tertiary/aromatic N) is 1. The Labute approximate surface area is 163 Å². The summed E-state index contributed by atoms with van der Waals surface area (Å²) in [6, 6.07) is 10.7. The molecule has 0 aliphatic heterocycles. The second-order valence-electron chi connectivity index (χ2n) is 5.89. The summed E-state index contributed by atoms with van der Waals surface area (Å²) in [6.07, 6.45) is 3.88. The Morgan fingerprint density at radius 1 is 1.11 bits per heavy atom. The minimum absolute atomic E-state index is 0.260. The van der Waals surface area contributed by atoms with E-state index >= 15 is 0 Å². The number of aromatic nitrogens is 2. The van der Waals surface area contributed by atoms with Gasteiger partial charge in [-0.25, -0.2) is 4.98 Å². The Morgan fingerprint density at radius 2 is 2.00 bits per heavy atom. The number of rotatable bonds is 6. The van der Waals surface area contributed by atoms with Gasteiger partial charge < -0.3 is 15.6 Å². The third kappa shape index (κ3) is 3.91. The normalized spacial score (nSPS) is 12.0. The molecule has 0 aliphatic carbocycles. The number of fused-ring (bicyclic) bond motifs is 1. The van der Waals surface area contributed by atoms with E-state index in [0.717, 1.165) is 16.5 Å². The van der Waals surface area contributed by atoms with Crippen LogP contribution in [0.4, 0.5) is 5.13 Å². The van der Waals surface area contributed by atoms with Gasteiger partial charge in [0.25, 0.3) is 5.91 Å². The maximum atomic E-state index is 12.8. The van der Waals surface area contributed by atoms with Gasteiger partial charge in [0.2, 0.25) is 5.91 Å². The molecule has 0 spiro atoms. The molecule has 136 valence electrons. The molecule has 2 amide bonds. The molecule has 0 aliphatic rings. The Morgan fingerprint density at radius 3 is 2.78 bits per heavy atom. The molecule has 3 heterocycles. The van der Waals surface area contributed by atoms with Crippen molar-refractivity contribution in [1.82, 2.24) is 15.3 Å². The van der Waals surface area contributed by atoms with E-state index in [4.69, 9.17) is 0 Å². The van der Waals surface area contributed by atoms with E-state index in [1.807, 2.05) is 41.9 Å². The number of aromatic amines is 1. The van der Waals surface area contributed by atoms with E-state index in [1.54, 1.807) is 17.6 Å². The zero-order valence-electron chi connectivity index (χ0n) is 14.1. The molecule has 0 saturated heterocycles. The molecule has 1 aromatic carbocycles. The highest BCUT2D eigenvalue weighted by molar-refractivity contribution is 7.13. The predicted molar refractivity (Wildman–Crippen MR) is 108 cm³/mol. The zero-order valence-corrected chi connectivity index (χ0v) is 15.8. The fraction of sp³-hybridized carbons (Fsp3) is 0.105. The second kappa shape index (κ2) is 7.73. The van der Waals surface area contributed by atoms with E-state index in [9.17, 15) is 9.59 Å². The minimum Gasteiger partial charge on any atom is -0.361 e. The van der Waals surface area contributed by atoms with Gasteiger partial charge in [0.1, 0.15) is 6.04 Å². The van der Waals surface area contributed by atoms with Gasteiger partial charge in [-0.3, -0.25) is 9.59 Å². The number of carbonyl (C=O) groups is 2.